The normalized spacial score (nSPS) is 13.4. The average molecular weight is 925 g/mol. The molecule has 8 heteroatoms. The van der Waals surface area contributed by atoms with Gasteiger partial charge in [0, 0.05) is 19.3 Å². The summed E-state index contributed by atoms with van der Waals surface area (Å²) in [5.41, 5.74) is 0. The molecule has 0 aliphatic carbocycles. The molecule has 0 spiro atoms. The molecule has 2 unspecified atom stereocenters. The largest absolute Gasteiger partial charge is 0.477 e. The SMILES string of the molecule is CC/C=C/C/C=C/C/C=C/C/C=C/CCCCCCCCCCCC(=O)OC(COCCC(C(=O)O)[N+](C)(C)C)COC(=O)CCCCCCCCCCCC/C=C/C=C/CCCCCC. The van der Waals surface area contributed by atoms with Crippen LogP contribution in [0.1, 0.15) is 226 Å². The lowest BCUT2D eigenvalue weighted by Gasteiger charge is -2.31. The third kappa shape index (κ3) is 45.9. The van der Waals surface area contributed by atoms with Gasteiger partial charge in [-0.2, -0.15) is 0 Å². The van der Waals surface area contributed by atoms with Crippen molar-refractivity contribution in [3.05, 3.63) is 72.9 Å². The summed E-state index contributed by atoms with van der Waals surface area (Å²) in [6, 6.07) is -0.620. The van der Waals surface area contributed by atoms with Crippen molar-refractivity contribution in [2.45, 2.75) is 238 Å². The summed E-state index contributed by atoms with van der Waals surface area (Å²) in [6.45, 7) is 4.61. The highest BCUT2D eigenvalue weighted by Crippen LogP contribution is 2.15. The smallest absolute Gasteiger partial charge is 0.362 e. The number of carbonyl (C=O) groups is 3. The highest BCUT2D eigenvalue weighted by Gasteiger charge is 2.31. The number of aliphatic carboxylic acids is 1. The molecular formula is C58H102NO7+. The first-order chi connectivity index (χ1) is 32.1. The van der Waals surface area contributed by atoms with Crippen LogP contribution in [-0.2, 0) is 28.6 Å². The van der Waals surface area contributed by atoms with Crippen LogP contribution >= 0.6 is 0 Å². The van der Waals surface area contributed by atoms with Crippen molar-refractivity contribution >= 4 is 17.9 Å². The Morgan fingerprint density at radius 3 is 1.35 bits per heavy atom. The number of carboxylic acid groups (broad SMARTS) is 1. The highest BCUT2D eigenvalue weighted by molar-refractivity contribution is 5.72. The van der Waals surface area contributed by atoms with E-state index in [0.29, 0.717) is 19.3 Å². The summed E-state index contributed by atoms with van der Waals surface area (Å²) in [5.74, 6) is -1.48. The number of carbonyl (C=O) groups excluding carboxylic acids is 2. The lowest BCUT2D eigenvalue weighted by Crippen LogP contribution is -2.50. The van der Waals surface area contributed by atoms with Gasteiger partial charge in [-0.1, -0.05) is 202 Å². The van der Waals surface area contributed by atoms with Crippen LogP contribution in [0, 0.1) is 0 Å². The Morgan fingerprint density at radius 1 is 0.485 bits per heavy atom. The standard InChI is InChI=1S/C58H101NO7/c1-6-8-10-12-14-16-18-20-22-24-26-28-29-31-33-35-37-39-41-43-45-47-49-57(61)66-54(52-64-51-50-55(58(62)63)59(3,4)5)53-65-56(60)48-46-44-42-40-38-36-34-32-30-27-25-23-21-19-17-15-13-11-9-7-2/h8,10,14,16-17,19-23,26,28,54-55H,6-7,9,11-13,15,18,24-25,27,29-53H2,1-5H3/p+1/b10-8+,16-14+,19-17+,22-20+,23-21+,28-26+. The first-order valence-corrected chi connectivity index (χ1v) is 27.0. The van der Waals surface area contributed by atoms with Gasteiger partial charge in [0.15, 0.2) is 12.1 Å². The van der Waals surface area contributed by atoms with E-state index >= 15 is 0 Å². The molecule has 0 amide bonds. The molecule has 66 heavy (non-hydrogen) atoms. The second-order valence-corrected chi connectivity index (χ2v) is 19.1. The molecule has 0 aromatic heterocycles. The maximum atomic E-state index is 12.8. The van der Waals surface area contributed by atoms with Crippen molar-refractivity contribution in [2.75, 3.05) is 41.0 Å². The molecule has 0 aromatic carbocycles. The van der Waals surface area contributed by atoms with Crippen LogP contribution in [-0.4, -0.2) is 80.6 Å². The summed E-state index contributed by atoms with van der Waals surface area (Å²) < 4.78 is 17.4. The molecule has 380 valence electrons. The van der Waals surface area contributed by atoms with Crippen molar-refractivity contribution in [3.8, 4) is 0 Å². The van der Waals surface area contributed by atoms with Crippen LogP contribution in [0.3, 0.4) is 0 Å². The Hall–Kier alpha value is -3.23. The minimum Gasteiger partial charge on any atom is -0.477 e. The molecule has 8 nitrogen and oxygen atoms in total. The van der Waals surface area contributed by atoms with E-state index in [-0.39, 0.29) is 36.2 Å². The summed E-state index contributed by atoms with van der Waals surface area (Å²) in [6.07, 6.45) is 62.3. The van der Waals surface area contributed by atoms with Gasteiger partial charge in [-0.3, -0.25) is 9.59 Å². The van der Waals surface area contributed by atoms with Crippen molar-refractivity contribution in [1.82, 2.24) is 0 Å². The molecule has 0 rings (SSSR count). The number of ether oxygens (including phenoxy) is 3. The van der Waals surface area contributed by atoms with Crippen molar-refractivity contribution in [3.63, 3.8) is 0 Å². The minimum atomic E-state index is -0.877. The number of hydrogen-bond donors (Lipinski definition) is 1. The Kier molecular flexibility index (Phi) is 45.9. The Balaban J connectivity index is 4.24. The van der Waals surface area contributed by atoms with Crippen LogP contribution in [0.25, 0.3) is 0 Å². The van der Waals surface area contributed by atoms with E-state index in [9.17, 15) is 19.5 Å². The van der Waals surface area contributed by atoms with Gasteiger partial charge in [-0.05, 0) is 77.0 Å². The number of carboxylic acids is 1. The second kappa shape index (κ2) is 48.2. The molecule has 1 N–H and O–H groups in total. The molecule has 0 aliphatic rings. The molecule has 2 atom stereocenters. The van der Waals surface area contributed by atoms with Gasteiger partial charge < -0.3 is 23.8 Å². The predicted octanol–water partition coefficient (Wildman–Crippen LogP) is 15.9. The van der Waals surface area contributed by atoms with Crippen molar-refractivity contribution in [1.29, 1.82) is 0 Å². The Bertz CT molecular complexity index is 1310. The fraction of sp³-hybridized carbons (Fsp3) is 0.741. The number of likely N-dealkylation sites (N-methyl/N-ethyl adjacent to an activating group) is 1. The number of quaternary nitrogens is 1. The highest BCUT2D eigenvalue weighted by atomic mass is 16.6. The molecule has 0 aliphatic heterocycles. The first-order valence-electron chi connectivity index (χ1n) is 27.0. The van der Waals surface area contributed by atoms with Gasteiger partial charge in [0.1, 0.15) is 6.61 Å². The van der Waals surface area contributed by atoms with Crippen LogP contribution < -0.4 is 0 Å². The zero-order valence-corrected chi connectivity index (χ0v) is 43.4. The second-order valence-electron chi connectivity index (χ2n) is 19.1. The summed E-state index contributed by atoms with van der Waals surface area (Å²) >= 11 is 0. The molecular weight excluding hydrogens is 823 g/mol. The zero-order valence-electron chi connectivity index (χ0n) is 43.4. The van der Waals surface area contributed by atoms with E-state index in [2.05, 4.69) is 86.8 Å². The molecule has 0 saturated heterocycles. The van der Waals surface area contributed by atoms with Crippen molar-refractivity contribution < 1.29 is 38.2 Å². The Morgan fingerprint density at radius 2 is 0.894 bits per heavy atom. The lowest BCUT2D eigenvalue weighted by molar-refractivity contribution is -0.887. The number of esters is 2. The van der Waals surface area contributed by atoms with E-state index in [0.717, 1.165) is 70.6 Å². The number of unbranched alkanes of at least 4 members (excludes halogenated alkanes) is 23. The molecule has 0 fully saturated rings. The van der Waals surface area contributed by atoms with Gasteiger partial charge in [-0.25, -0.2) is 4.79 Å². The van der Waals surface area contributed by atoms with Gasteiger partial charge in [-0.15, -0.1) is 0 Å². The number of rotatable bonds is 48. The number of allylic oxidation sites excluding steroid dienone is 12. The minimum absolute atomic E-state index is 0.0555. The maximum Gasteiger partial charge on any atom is 0.362 e. The molecule has 0 heterocycles. The molecule has 0 saturated carbocycles. The summed E-state index contributed by atoms with van der Waals surface area (Å²) in [7, 11) is 5.53. The number of nitrogens with zero attached hydrogens (tertiary/aromatic N) is 1. The topological polar surface area (TPSA) is 99.1 Å². The molecule has 0 radical (unpaired) electrons. The van der Waals surface area contributed by atoms with E-state index in [1.807, 2.05) is 21.1 Å². The fourth-order valence-electron chi connectivity index (χ4n) is 7.72. The third-order valence-electron chi connectivity index (χ3n) is 11.9. The van der Waals surface area contributed by atoms with Crippen LogP contribution in [0.15, 0.2) is 72.9 Å². The van der Waals surface area contributed by atoms with E-state index in [1.54, 1.807) is 0 Å². The Labute approximate surface area is 406 Å². The van der Waals surface area contributed by atoms with E-state index < -0.39 is 18.1 Å². The van der Waals surface area contributed by atoms with Gasteiger partial charge in [0.2, 0.25) is 0 Å². The van der Waals surface area contributed by atoms with Crippen LogP contribution in [0.2, 0.25) is 0 Å². The monoisotopic (exact) mass is 925 g/mol. The van der Waals surface area contributed by atoms with Crippen molar-refractivity contribution in [2.24, 2.45) is 0 Å². The molecule has 0 bridgehead atoms. The first kappa shape index (κ1) is 62.8. The average Bonchev–Trinajstić information content (AvgIpc) is 3.28. The molecule has 0 aromatic rings. The zero-order chi connectivity index (χ0) is 48.4. The summed E-state index contributed by atoms with van der Waals surface area (Å²) in [4.78, 5) is 37.2. The lowest BCUT2D eigenvalue weighted by atomic mass is 10.1. The maximum absolute atomic E-state index is 12.8. The van der Waals surface area contributed by atoms with Crippen LogP contribution in [0.5, 0.6) is 0 Å². The summed E-state index contributed by atoms with van der Waals surface area (Å²) in [5, 5.41) is 9.67. The quantitative estimate of drug-likeness (QED) is 0.0213. The van der Waals surface area contributed by atoms with E-state index in [1.165, 1.54) is 122 Å². The van der Waals surface area contributed by atoms with Gasteiger partial charge in [0.25, 0.3) is 0 Å². The number of hydrogen-bond acceptors (Lipinski definition) is 6. The van der Waals surface area contributed by atoms with E-state index in [4.69, 9.17) is 14.2 Å². The predicted molar refractivity (Wildman–Crippen MR) is 280 cm³/mol. The van der Waals surface area contributed by atoms with Gasteiger partial charge in [0.05, 0.1) is 34.4 Å². The van der Waals surface area contributed by atoms with Crippen LogP contribution in [0.4, 0.5) is 0 Å². The van der Waals surface area contributed by atoms with Gasteiger partial charge >= 0.3 is 17.9 Å². The third-order valence-corrected chi connectivity index (χ3v) is 11.9. The fourth-order valence-corrected chi connectivity index (χ4v) is 7.72.